The predicted molar refractivity (Wildman–Crippen MR) is 59.2 cm³/mol. The number of ether oxygens (including phenoxy) is 2. The average Bonchev–Trinajstić information content (AvgIpc) is 2.27. The maximum atomic E-state index is 12.9. The zero-order valence-corrected chi connectivity index (χ0v) is 10.8. The Labute approximate surface area is 105 Å². The molecule has 17 heavy (non-hydrogen) atoms. The molecule has 0 fully saturated rings. The molecular formula is C10H10BrF2NO3. The highest BCUT2D eigenvalue weighted by Crippen LogP contribution is 2.33. The van der Waals surface area contributed by atoms with Gasteiger partial charge in [-0.25, -0.2) is 13.8 Å². The van der Waals surface area contributed by atoms with Gasteiger partial charge >= 0.3 is 5.97 Å². The third kappa shape index (κ3) is 3.36. The van der Waals surface area contributed by atoms with Crippen LogP contribution in [0.1, 0.15) is 17.7 Å². The Morgan fingerprint density at radius 3 is 2.65 bits per heavy atom. The number of pyridine rings is 1. The van der Waals surface area contributed by atoms with Gasteiger partial charge in [0.2, 0.25) is 0 Å². The molecule has 1 aromatic rings. The van der Waals surface area contributed by atoms with Gasteiger partial charge in [0, 0.05) is 6.07 Å². The van der Waals surface area contributed by atoms with Crippen molar-refractivity contribution in [1.29, 1.82) is 0 Å². The van der Waals surface area contributed by atoms with Crippen LogP contribution in [-0.2, 0) is 16.0 Å². The quantitative estimate of drug-likeness (QED) is 0.633. The number of hydrogen-bond donors (Lipinski definition) is 0. The Hall–Kier alpha value is -1.24. The lowest BCUT2D eigenvalue weighted by atomic mass is 10.1. The van der Waals surface area contributed by atoms with E-state index < -0.39 is 12.4 Å². The second-order valence-corrected chi connectivity index (χ2v) is 3.87. The molecule has 4 nitrogen and oxygen atoms in total. The smallest absolute Gasteiger partial charge is 0.311 e. The predicted octanol–water partition coefficient (Wildman–Crippen LogP) is 2.51. The molecule has 0 aliphatic heterocycles. The van der Waals surface area contributed by atoms with E-state index in [2.05, 4.69) is 25.7 Å². The molecule has 1 aromatic heterocycles. The second kappa shape index (κ2) is 5.90. The number of nitrogens with zero attached hydrogens (tertiary/aromatic N) is 1. The monoisotopic (exact) mass is 309 g/mol. The molecule has 0 atom stereocenters. The van der Waals surface area contributed by atoms with Crippen molar-refractivity contribution in [1.82, 2.24) is 4.98 Å². The number of methoxy groups -OCH3 is 2. The van der Waals surface area contributed by atoms with Crippen molar-refractivity contribution >= 4 is 21.9 Å². The fourth-order valence-corrected chi connectivity index (χ4v) is 1.72. The molecule has 1 heterocycles. The van der Waals surface area contributed by atoms with Crippen LogP contribution < -0.4 is 4.74 Å². The number of hydrogen-bond acceptors (Lipinski definition) is 4. The summed E-state index contributed by atoms with van der Waals surface area (Å²) in [5.74, 6) is -0.652. The molecule has 0 bridgehead atoms. The molecule has 0 aliphatic rings. The van der Waals surface area contributed by atoms with Crippen LogP contribution in [-0.4, -0.2) is 25.2 Å². The maximum Gasteiger partial charge on any atom is 0.311 e. The van der Waals surface area contributed by atoms with E-state index >= 15 is 0 Å². The largest absolute Gasteiger partial charge is 0.496 e. The minimum absolute atomic E-state index is 0.0132. The molecular weight excluding hydrogens is 300 g/mol. The first kappa shape index (κ1) is 13.8. The highest BCUT2D eigenvalue weighted by Gasteiger charge is 2.23. The van der Waals surface area contributed by atoms with Crippen molar-refractivity contribution in [2.45, 2.75) is 12.8 Å². The lowest BCUT2D eigenvalue weighted by Gasteiger charge is -2.12. The standard InChI is InChI=1S/C10H10BrF2NO3/c1-16-6-4-7(11)14-5(3-8(15)17-2)9(6)10(12)13/h4,10H,3H2,1-2H3. The van der Waals surface area contributed by atoms with E-state index in [9.17, 15) is 13.6 Å². The average molecular weight is 310 g/mol. The molecule has 0 aliphatic carbocycles. The third-order valence-electron chi connectivity index (χ3n) is 2.05. The van der Waals surface area contributed by atoms with Crippen LogP contribution in [0.2, 0.25) is 0 Å². The molecule has 0 spiro atoms. The van der Waals surface area contributed by atoms with Gasteiger partial charge in [-0.15, -0.1) is 0 Å². The maximum absolute atomic E-state index is 12.9. The fourth-order valence-electron chi connectivity index (χ4n) is 1.30. The zero-order chi connectivity index (χ0) is 13.0. The first-order chi connectivity index (χ1) is 7.99. The summed E-state index contributed by atoms with van der Waals surface area (Å²) in [5.41, 5.74) is -0.445. The summed E-state index contributed by atoms with van der Waals surface area (Å²) in [4.78, 5) is 15.0. The van der Waals surface area contributed by atoms with Crippen molar-refractivity contribution in [2.75, 3.05) is 14.2 Å². The first-order valence-electron chi connectivity index (χ1n) is 4.57. The van der Waals surface area contributed by atoms with Crippen LogP contribution in [0, 0.1) is 0 Å². The van der Waals surface area contributed by atoms with Crippen LogP contribution in [0.3, 0.4) is 0 Å². The summed E-state index contributed by atoms with van der Waals surface area (Å²) >= 11 is 3.06. The van der Waals surface area contributed by atoms with Crippen LogP contribution in [0.5, 0.6) is 5.75 Å². The van der Waals surface area contributed by atoms with E-state index in [0.29, 0.717) is 4.60 Å². The summed E-state index contributed by atoms with van der Waals surface area (Å²) in [6.45, 7) is 0. The Morgan fingerprint density at radius 2 is 2.18 bits per heavy atom. The van der Waals surface area contributed by atoms with E-state index in [0.717, 1.165) is 0 Å². The molecule has 0 unspecified atom stereocenters. The summed E-state index contributed by atoms with van der Waals surface area (Å²) in [6.07, 6.45) is -3.10. The van der Waals surface area contributed by atoms with Crippen LogP contribution in [0.25, 0.3) is 0 Å². The van der Waals surface area contributed by atoms with Crippen molar-refractivity contribution in [3.63, 3.8) is 0 Å². The highest BCUT2D eigenvalue weighted by molar-refractivity contribution is 9.10. The summed E-state index contributed by atoms with van der Waals surface area (Å²) < 4.78 is 35.3. The Morgan fingerprint density at radius 1 is 1.53 bits per heavy atom. The number of esters is 1. The summed E-state index contributed by atoms with van der Waals surface area (Å²) in [7, 11) is 2.45. The number of halogens is 3. The van der Waals surface area contributed by atoms with Crippen molar-refractivity contribution in [3.05, 3.63) is 21.9 Å². The van der Waals surface area contributed by atoms with E-state index in [1.54, 1.807) is 0 Å². The minimum atomic E-state index is -2.77. The van der Waals surface area contributed by atoms with Gasteiger partial charge in [-0.3, -0.25) is 4.79 Å². The van der Waals surface area contributed by atoms with E-state index in [4.69, 9.17) is 4.74 Å². The van der Waals surface area contributed by atoms with Crippen molar-refractivity contribution in [2.24, 2.45) is 0 Å². The van der Waals surface area contributed by atoms with Gasteiger partial charge in [-0.05, 0) is 15.9 Å². The fraction of sp³-hybridized carbons (Fsp3) is 0.400. The molecule has 0 N–H and O–H groups in total. The molecule has 0 radical (unpaired) electrons. The zero-order valence-electron chi connectivity index (χ0n) is 9.17. The lowest BCUT2D eigenvalue weighted by Crippen LogP contribution is -2.10. The number of alkyl halides is 2. The van der Waals surface area contributed by atoms with Gasteiger partial charge in [-0.2, -0.15) is 0 Å². The van der Waals surface area contributed by atoms with Crippen LogP contribution in [0.4, 0.5) is 8.78 Å². The summed E-state index contributed by atoms with van der Waals surface area (Å²) in [6, 6.07) is 1.32. The first-order valence-corrected chi connectivity index (χ1v) is 5.37. The highest BCUT2D eigenvalue weighted by atomic mass is 79.9. The second-order valence-electron chi connectivity index (χ2n) is 3.06. The normalized spacial score (nSPS) is 10.5. The number of rotatable bonds is 4. The van der Waals surface area contributed by atoms with Gasteiger partial charge < -0.3 is 9.47 Å². The third-order valence-corrected chi connectivity index (χ3v) is 2.45. The van der Waals surface area contributed by atoms with Crippen molar-refractivity contribution in [3.8, 4) is 5.75 Å². The Balaban J connectivity index is 3.25. The molecule has 1 rings (SSSR count). The van der Waals surface area contributed by atoms with Gasteiger partial charge in [0.15, 0.2) is 0 Å². The molecule has 0 aromatic carbocycles. The molecule has 0 amide bonds. The van der Waals surface area contributed by atoms with Crippen molar-refractivity contribution < 1.29 is 23.0 Å². The van der Waals surface area contributed by atoms with E-state index in [1.165, 1.54) is 20.3 Å². The van der Waals surface area contributed by atoms with Crippen LogP contribution in [0.15, 0.2) is 10.7 Å². The topological polar surface area (TPSA) is 48.4 Å². The minimum Gasteiger partial charge on any atom is -0.496 e. The number of carbonyl (C=O) groups is 1. The van der Waals surface area contributed by atoms with Gasteiger partial charge in [0.25, 0.3) is 6.43 Å². The van der Waals surface area contributed by atoms with Gasteiger partial charge in [-0.1, -0.05) is 0 Å². The van der Waals surface area contributed by atoms with E-state index in [-0.39, 0.29) is 23.4 Å². The molecule has 7 heteroatoms. The molecule has 94 valence electrons. The van der Waals surface area contributed by atoms with Gasteiger partial charge in [0.1, 0.15) is 10.4 Å². The number of carbonyl (C=O) groups excluding carboxylic acids is 1. The Kier molecular flexibility index (Phi) is 4.80. The Bertz CT molecular complexity index is 426. The lowest BCUT2D eigenvalue weighted by molar-refractivity contribution is -0.139. The SMILES string of the molecule is COC(=O)Cc1nc(Br)cc(OC)c1C(F)F. The summed E-state index contributed by atoms with van der Waals surface area (Å²) in [5, 5.41) is 0. The molecule has 0 saturated carbocycles. The van der Waals surface area contributed by atoms with Gasteiger partial charge in [0.05, 0.1) is 31.9 Å². The van der Waals surface area contributed by atoms with E-state index in [1.807, 2.05) is 0 Å². The molecule has 0 saturated heterocycles. The van der Waals surface area contributed by atoms with Crippen LogP contribution >= 0.6 is 15.9 Å². The number of aromatic nitrogens is 1.